The molecule has 146 valence electrons. The highest BCUT2D eigenvalue weighted by Crippen LogP contribution is 2.36. The van der Waals surface area contributed by atoms with Crippen molar-refractivity contribution >= 4 is 39.4 Å². The second-order valence-electron chi connectivity index (χ2n) is 7.42. The Morgan fingerprint density at radius 3 is 2.38 bits per heavy atom. The highest BCUT2D eigenvalue weighted by atomic mass is 35.5. The molecule has 0 atom stereocenters. The van der Waals surface area contributed by atoms with Crippen molar-refractivity contribution in [2.24, 2.45) is 0 Å². The smallest absolute Gasteiger partial charge is 0.323 e. The maximum Gasteiger partial charge on any atom is 0.323 e. The average Bonchev–Trinajstić information content (AvgIpc) is 2.70. The van der Waals surface area contributed by atoms with E-state index in [4.69, 9.17) is 11.6 Å². The minimum absolute atomic E-state index is 0.124. The molecule has 1 heterocycles. The number of carbonyl (C=O) groups is 1. The zero-order valence-electron chi connectivity index (χ0n) is 16.1. The molecular weight excluding hydrogens is 386 g/mol. The molecule has 4 aromatic rings. The third-order valence-electron chi connectivity index (χ3n) is 5.22. The van der Waals surface area contributed by atoms with Crippen molar-refractivity contribution in [3.8, 4) is 11.1 Å². The Morgan fingerprint density at radius 1 is 1.03 bits per heavy atom. The fraction of sp³-hybridized carbons (Fsp3) is 0.167. The summed E-state index contributed by atoms with van der Waals surface area (Å²) in [5, 5.41) is 11.1. The molecule has 5 heteroatoms. The largest absolute Gasteiger partial charge is 0.480 e. The highest BCUT2D eigenvalue weighted by molar-refractivity contribution is 6.35. The summed E-state index contributed by atoms with van der Waals surface area (Å²) in [7, 11) is 0. The first-order valence-electron chi connectivity index (χ1n) is 9.44. The first kappa shape index (κ1) is 19.2. The van der Waals surface area contributed by atoms with Gasteiger partial charge in [-0.15, -0.1) is 0 Å². The lowest BCUT2D eigenvalue weighted by Gasteiger charge is -2.19. The average molecular weight is 406 g/mol. The Balaban J connectivity index is 2.26. The van der Waals surface area contributed by atoms with Gasteiger partial charge < -0.3 is 9.67 Å². The van der Waals surface area contributed by atoms with Crippen LogP contribution in [0.1, 0.15) is 25.3 Å². The van der Waals surface area contributed by atoms with Gasteiger partial charge in [-0.1, -0.05) is 61.8 Å². The molecule has 0 aliphatic heterocycles. The Labute approximate surface area is 173 Å². The van der Waals surface area contributed by atoms with Gasteiger partial charge in [0.2, 0.25) is 0 Å². The van der Waals surface area contributed by atoms with Gasteiger partial charge in [-0.25, -0.2) is 0 Å². The van der Waals surface area contributed by atoms with Gasteiger partial charge >= 0.3 is 5.97 Å². The van der Waals surface area contributed by atoms with E-state index in [0.717, 1.165) is 11.1 Å². The number of aliphatic carboxylic acids is 1. The molecule has 4 rings (SSSR count). The van der Waals surface area contributed by atoms with Crippen LogP contribution >= 0.6 is 11.6 Å². The van der Waals surface area contributed by atoms with Crippen LogP contribution in [0.4, 0.5) is 0 Å². The molecule has 0 radical (unpaired) electrons. The van der Waals surface area contributed by atoms with E-state index in [9.17, 15) is 14.7 Å². The van der Waals surface area contributed by atoms with E-state index in [2.05, 4.69) is 13.8 Å². The number of hydrogen-bond acceptors (Lipinski definition) is 2. The lowest BCUT2D eigenvalue weighted by Crippen LogP contribution is -2.17. The van der Waals surface area contributed by atoms with E-state index < -0.39 is 5.97 Å². The van der Waals surface area contributed by atoms with Crippen LogP contribution in [-0.4, -0.2) is 15.6 Å². The van der Waals surface area contributed by atoms with Crippen LogP contribution in [0.3, 0.4) is 0 Å². The van der Waals surface area contributed by atoms with Gasteiger partial charge in [-0.3, -0.25) is 9.59 Å². The maximum absolute atomic E-state index is 13.3. The zero-order valence-corrected chi connectivity index (χ0v) is 16.9. The minimum atomic E-state index is -0.981. The SMILES string of the molecule is CC(C)c1ccc2c(=O)c3ccc(Cl)c(-c4ccccc4)c3n(CC(=O)O)c2c1. The lowest BCUT2D eigenvalue weighted by molar-refractivity contribution is -0.137. The van der Waals surface area contributed by atoms with Crippen molar-refractivity contribution in [2.45, 2.75) is 26.3 Å². The fourth-order valence-electron chi connectivity index (χ4n) is 3.80. The highest BCUT2D eigenvalue weighted by Gasteiger charge is 2.19. The number of benzene rings is 3. The Morgan fingerprint density at radius 2 is 1.72 bits per heavy atom. The normalized spacial score (nSPS) is 11.4. The Hall–Kier alpha value is -3.11. The summed E-state index contributed by atoms with van der Waals surface area (Å²) < 4.78 is 1.70. The standard InChI is InChI=1S/C24H20ClNO3/c1-14(2)16-8-9-17-20(12-16)26(13-21(27)28)23-18(24(17)29)10-11-19(25)22(23)15-6-4-3-5-7-15/h3-12,14H,13H2,1-2H3,(H,27,28). The van der Waals surface area contributed by atoms with E-state index in [1.807, 2.05) is 42.5 Å². The number of carboxylic acids is 1. The number of pyridine rings is 1. The molecule has 0 spiro atoms. The second-order valence-corrected chi connectivity index (χ2v) is 7.83. The number of hydrogen-bond donors (Lipinski definition) is 1. The van der Waals surface area contributed by atoms with Crippen LogP contribution in [0.5, 0.6) is 0 Å². The Kier molecular flexibility index (Phi) is 4.89. The number of aromatic nitrogens is 1. The third kappa shape index (κ3) is 3.30. The van der Waals surface area contributed by atoms with Crippen molar-refractivity contribution in [3.05, 3.63) is 81.5 Å². The van der Waals surface area contributed by atoms with E-state index in [0.29, 0.717) is 32.4 Å². The van der Waals surface area contributed by atoms with Gasteiger partial charge in [0, 0.05) is 16.3 Å². The first-order valence-corrected chi connectivity index (χ1v) is 9.82. The number of carboxylic acid groups (broad SMARTS) is 1. The van der Waals surface area contributed by atoms with Crippen LogP contribution in [-0.2, 0) is 11.3 Å². The summed E-state index contributed by atoms with van der Waals surface area (Å²) in [5.74, 6) is -0.735. The zero-order chi connectivity index (χ0) is 20.7. The molecule has 4 nitrogen and oxygen atoms in total. The number of fused-ring (bicyclic) bond motifs is 2. The van der Waals surface area contributed by atoms with E-state index in [1.54, 1.807) is 22.8 Å². The second kappa shape index (κ2) is 7.37. The molecule has 0 saturated carbocycles. The topological polar surface area (TPSA) is 59.3 Å². The van der Waals surface area contributed by atoms with E-state index in [-0.39, 0.29) is 17.9 Å². The molecular formula is C24H20ClNO3. The third-order valence-corrected chi connectivity index (χ3v) is 5.54. The lowest BCUT2D eigenvalue weighted by atomic mass is 9.97. The molecule has 0 unspecified atom stereocenters. The molecule has 0 bridgehead atoms. The summed E-state index contributed by atoms with van der Waals surface area (Å²) in [6.07, 6.45) is 0. The number of halogens is 1. The van der Waals surface area contributed by atoms with Gasteiger partial charge in [-0.2, -0.15) is 0 Å². The molecule has 3 aromatic carbocycles. The molecule has 29 heavy (non-hydrogen) atoms. The maximum atomic E-state index is 13.3. The fourth-order valence-corrected chi connectivity index (χ4v) is 4.06. The van der Waals surface area contributed by atoms with E-state index >= 15 is 0 Å². The predicted molar refractivity (Wildman–Crippen MR) is 118 cm³/mol. The van der Waals surface area contributed by atoms with Crippen molar-refractivity contribution in [1.29, 1.82) is 0 Å². The molecule has 0 aliphatic rings. The number of nitrogens with zero attached hydrogens (tertiary/aromatic N) is 1. The van der Waals surface area contributed by atoms with Gasteiger partial charge in [-0.05, 0) is 41.3 Å². The molecule has 0 saturated heterocycles. The summed E-state index contributed by atoms with van der Waals surface area (Å²) in [4.78, 5) is 25.1. The number of rotatable bonds is 4. The molecule has 1 N–H and O–H groups in total. The summed E-state index contributed by atoms with van der Waals surface area (Å²) in [5.41, 5.74) is 3.57. The molecule has 0 amide bonds. The molecule has 1 aromatic heterocycles. The molecule has 0 fully saturated rings. The predicted octanol–water partition coefficient (Wildman–Crippen LogP) is 5.68. The van der Waals surface area contributed by atoms with Crippen LogP contribution in [0.15, 0.2) is 65.5 Å². The van der Waals surface area contributed by atoms with Gasteiger partial charge in [0.05, 0.1) is 16.1 Å². The summed E-state index contributed by atoms with van der Waals surface area (Å²) >= 11 is 6.57. The summed E-state index contributed by atoms with van der Waals surface area (Å²) in [6, 6.07) is 18.5. The van der Waals surface area contributed by atoms with Crippen LogP contribution in [0.25, 0.3) is 32.9 Å². The first-order chi connectivity index (χ1) is 13.9. The van der Waals surface area contributed by atoms with Crippen molar-refractivity contribution in [3.63, 3.8) is 0 Å². The minimum Gasteiger partial charge on any atom is -0.480 e. The van der Waals surface area contributed by atoms with Crippen LogP contribution in [0.2, 0.25) is 5.02 Å². The Bertz CT molecular complexity index is 1310. The van der Waals surface area contributed by atoms with E-state index in [1.165, 1.54) is 0 Å². The van der Waals surface area contributed by atoms with Gasteiger partial charge in [0.15, 0.2) is 5.43 Å². The van der Waals surface area contributed by atoms with Crippen LogP contribution in [0, 0.1) is 0 Å². The monoisotopic (exact) mass is 405 g/mol. The summed E-state index contributed by atoms with van der Waals surface area (Å²) in [6.45, 7) is 3.86. The molecule has 0 aliphatic carbocycles. The quantitative estimate of drug-likeness (QED) is 0.444. The van der Waals surface area contributed by atoms with Crippen molar-refractivity contribution in [1.82, 2.24) is 4.57 Å². The van der Waals surface area contributed by atoms with Crippen molar-refractivity contribution < 1.29 is 9.90 Å². The van der Waals surface area contributed by atoms with Gasteiger partial charge in [0.1, 0.15) is 6.54 Å². The van der Waals surface area contributed by atoms with Crippen molar-refractivity contribution in [2.75, 3.05) is 0 Å². The van der Waals surface area contributed by atoms with Crippen LogP contribution < -0.4 is 5.43 Å². The van der Waals surface area contributed by atoms with Gasteiger partial charge in [0.25, 0.3) is 0 Å².